The van der Waals surface area contributed by atoms with E-state index in [1.807, 2.05) is 17.1 Å². The lowest BCUT2D eigenvalue weighted by molar-refractivity contribution is -0.148. The minimum absolute atomic E-state index is 0.0396. The lowest BCUT2D eigenvalue weighted by atomic mass is 9.77. The quantitative estimate of drug-likeness (QED) is 0.758. The average molecular weight is 306 g/mol. The van der Waals surface area contributed by atoms with Gasteiger partial charge in [-0.2, -0.15) is 0 Å². The number of ether oxygens (including phenoxy) is 1. The molecule has 0 aromatic carbocycles. The summed E-state index contributed by atoms with van der Waals surface area (Å²) in [5.74, 6) is -2.24. The van der Waals surface area contributed by atoms with Gasteiger partial charge in [-0.05, 0) is 25.9 Å². The number of aliphatic carboxylic acids is 1. The van der Waals surface area contributed by atoms with E-state index >= 15 is 0 Å². The number of carbonyl (C=O) groups excluding carboxylic acids is 1. The van der Waals surface area contributed by atoms with Gasteiger partial charge in [0.1, 0.15) is 11.5 Å². The van der Waals surface area contributed by atoms with Crippen molar-refractivity contribution in [1.82, 2.24) is 9.80 Å². The van der Waals surface area contributed by atoms with Crippen molar-refractivity contribution >= 4 is 11.9 Å². The molecule has 0 aromatic rings. The molecule has 0 unspecified atom stereocenters. The zero-order chi connectivity index (χ0) is 15.5. The number of amides is 1. The third-order valence-electron chi connectivity index (χ3n) is 5.80. The first-order valence-electron chi connectivity index (χ1n) is 8.18. The second kappa shape index (κ2) is 4.80. The van der Waals surface area contributed by atoms with E-state index in [4.69, 9.17) is 4.74 Å². The molecule has 2 bridgehead atoms. The summed E-state index contributed by atoms with van der Waals surface area (Å²) in [6.45, 7) is 5.43. The highest BCUT2D eigenvalue weighted by Crippen LogP contribution is 2.51. The molecule has 0 aliphatic carbocycles. The fourth-order valence-corrected chi connectivity index (χ4v) is 4.79. The van der Waals surface area contributed by atoms with Gasteiger partial charge in [-0.1, -0.05) is 19.1 Å². The van der Waals surface area contributed by atoms with Crippen LogP contribution in [-0.2, 0) is 14.3 Å². The number of hydrogen-bond acceptors (Lipinski definition) is 4. The molecule has 1 amide bonds. The van der Waals surface area contributed by atoms with E-state index in [-0.39, 0.29) is 5.91 Å². The molecule has 4 aliphatic heterocycles. The maximum Gasteiger partial charge on any atom is 0.310 e. The Labute approximate surface area is 129 Å². The highest BCUT2D eigenvalue weighted by atomic mass is 16.5. The molecule has 4 heterocycles. The second-order valence-corrected chi connectivity index (χ2v) is 6.88. The third kappa shape index (κ3) is 1.80. The SMILES string of the molecule is CCN1CCC[C@@H]1CN1C[C@@]23C=C[C@@H](O2)[C@@H](C(=O)O)[C@H]3C1=O. The van der Waals surface area contributed by atoms with E-state index in [0.29, 0.717) is 19.1 Å². The van der Waals surface area contributed by atoms with E-state index in [9.17, 15) is 14.7 Å². The Bertz CT molecular complexity index is 548. The fourth-order valence-electron chi connectivity index (χ4n) is 4.79. The minimum atomic E-state index is -0.924. The molecule has 0 saturated carbocycles. The molecule has 4 rings (SSSR count). The van der Waals surface area contributed by atoms with Crippen molar-refractivity contribution in [3.05, 3.63) is 12.2 Å². The molecular formula is C16H22N2O4. The third-order valence-corrected chi connectivity index (χ3v) is 5.80. The van der Waals surface area contributed by atoms with Crippen molar-refractivity contribution in [3.63, 3.8) is 0 Å². The monoisotopic (exact) mass is 306 g/mol. The van der Waals surface area contributed by atoms with Gasteiger partial charge in [-0.3, -0.25) is 14.5 Å². The van der Waals surface area contributed by atoms with Crippen LogP contribution in [0.2, 0.25) is 0 Å². The van der Waals surface area contributed by atoms with Gasteiger partial charge in [0.25, 0.3) is 0 Å². The largest absolute Gasteiger partial charge is 0.481 e. The predicted molar refractivity (Wildman–Crippen MR) is 78.2 cm³/mol. The Morgan fingerprint density at radius 1 is 1.55 bits per heavy atom. The average Bonchev–Trinajstić information content (AvgIpc) is 3.21. The second-order valence-electron chi connectivity index (χ2n) is 6.88. The van der Waals surface area contributed by atoms with E-state index in [2.05, 4.69) is 11.8 Å². The Morgan fingerprint density at radius 2 is 2.36 bits per heavy atom. The van der Waals surface area contributed by atoms with Crippen molar-refractivity contribution in [2.24, 2.45) is 11.8 Å². The van der Waals surface area contributed by atoms with Crippen LogP contribution in [0.5, 0.6) is 0 Å². The zero-order valence-corrected chi connectivity index (χ0v) is 12.8. The Kier molecular flexibility index (Phi) is 3.10. The number of likely N-dealkylation sites (tertiary alicyclic amines) is 2. The van der Waals surface area contributed by atoms with Gasteiger partial charge in [0.05, 0.1) is 18.6 Å². The van der Waals surface area contributed by atoms with Crippen LogP contribution >= 0.6 is 0 Å². The van der Waals surface area contributed by atoms with E-state index in [1.54, 1.807) is 0 Å². The Hall–Kier alpha value is -1.40. The van der Waals surface area contributed by atoms with Gasteiger partial charge in [-0.15, -0.1) is 0 Å². The smallest absolute Gasteiger partial charge is 0.310 e. The van der Waals surface area contributed by atoms with E-state index in [0.717, 1.165) is 19.5 Å². The lowest BCUT2D eigenvalue weighted by Crippen LogP contribution is -2.43. The van der Waals surface area contributed by atoms with E-state index in [1.165, 1.54) is 6.42 Å². The van der Waals surface area contributed by atoms with Crippen LogP contribution in [0.3, 0.4) is 0 Å². The number of likely N-dealkylation sites (N-methyl/N-ethyl adjacent to an activating group) is 1. The van der Waals surface area contributed by atoms with Gasteiger partial charge in [0.2, 0.25) is 5.91 Å². The van der Waals surface area contributed by atoms with Crippen LogP contribution in [0.15, 0.2) is 12.2 Å². The highest BCUT2D eigenvalue weighted by Gasteiger charge is 2.67. The molecule has 6 nitrogen and oxygen atoms in total. The predicted octanol–water partition coefficient (Wildman–Crippen LogP) is 0.337. The molecule has 3 saturated heterocycles. The summed E-state index contributed by atoms with van der Waals surface area (Å²) in [4.78, 5) is 28.6. The highest BCUT2D eigenvalue weighted by molar-refractivity contribution is 5.90. The lowest BCUT2D eigenvalue weighted by Gasteiger charge is -2.29. The summed E-state index contributed by atoms with van der Waals surface area (Å²) >= 11 is 0. The summed E-state index contributed by atoms with van der Waals surface area (Å²) in [6, 6.07) is 0.397. The first-order valence-corrected chi connectivity index (χ1v) is 8.18. The first-order chi connectivity index (χ1) is 10.6. The molecule has 6 heteroatoms. The Morgan fingerprint density at radius 3 is 3.09 bits per heavy atom. The number of carboxylic acids is 1. The van der Waals surface area contributed by atoms with Crippen molar-refractivity contribution in [2.45, 2.75) is 37.5 Å². The molecule has 0 aromatic heterocycles. The summed E-state index contributed by atoms with van der Waals surface area (Å²) in [6.07, 6.45) is 5.58. The zero-order valence-electron chi connectivity index (χ0n) is 12.8. The molecule has 5 atom stereocenters. The molecule has 1 spiro atoms. The van der Waals surface area contributed by atoms with Gasteiger partial charge < -0.3 is 14.7 Å². The van der Waals surface area contributed by atoms with Crippen molar-refractivity contribution < 1.29 is 19.4 Å². The topological polar surface area (TPSA) is 70.1 Å². The number of carbonyl (C=O) groups is 2. The summed E-state index contributed by atoms with van der Waals surface area (Å²) in [7, 11) is 0. The standard InChI is InChI=1S/C16H22N2O4/c1-2-17-7-3-4-10(17)8-18-9-16-6-5-11(22-16)12(15(20)21)13(16)14(18)19/h5-6,10-13H,2-4,7-9H2,1H3,(H,20,21)/t10-,11-,12-,13+,16-/m1/s1. The normalized spacial score (nSPS) is 43.3. The van der Waals surface area contributed by atoms with Gasteiger partial charge in [0, 0.05) is 12.6 Å². The van der Waals surface area contributed by atoms with Crippen LogP contribution in [-0.4, -0.2) is 70.7 Å². The van der Waals surface area contributed by atoms with Gasteiger partial charge in [-0.25, -0.2) is 0 Å². The van der Waals surface area contributed by atoms with Crippen LogP contribution in [0.4, 0.5) is 0 Å². The van der Waals surface area contributed by atoms with Crippen molar-refractivity contribution in [1.29, 1.82) is 0 Å². The number of hydrogen-bond donors (Lipinski definition) is 1. The van der Waals surface area contributed by atoms with Crippen molar-refractivity contribution in [2.75, 3.05) is 26.2 Å². The van der Waals surface area contributed by atoms with Gasteiger partial charge >= 0.3 is 5.97 Å². The van der Waals surface area contributed by atoms with Crippen LogP contribution in [0.1, 0.15) is 19.8 Å². The summed E-state index contributed by atoms with van der Waals surface area (Å²) in [5, 5.41) is 9.45. The van der Waals surface area contributed by atoms with Gasteiger partial charge in [0.15, 0.2) is 0 Å². The molecule has 120 valence electrons. The number of carboxylic acid groups (broad SMARTS) is 1. The van der Waals surface area contributed by atoms with E-state index < -0.39 is 29.5 Å². The molecule has 1 N–H and O–H groups in total. The summed E-state index contributed by atoms with van der Waals surface area (Å²) < 4.78 is 5.91. The molecule has 3 fully saturated rings. The fraction of sp³-hybridized carbons (Fsp3) is 0.750. The molecular weight excluding hydrogens is 284 g/mol. The van der Waals surface area contributed by atoms with Crippen LogP contribution in [0.25, 0.3) is 0 Å². The maximum atomic E-state index is 12.8. The molecule has 22 heavy (non-hydrogen) atoms. The Balaban J connectivity index is 1.55. The number of fused-ring (bicyclic) bond motifs is 1. The number of nitrogens with zero attached hydrogens (tertiary/aromatic N) is 2. The van der Waals surface area contributed by atoms with Crippen LogP contribution < -0.4 is 0 Å². The minimum Gasteiger partial charge on any atom is -0.481 e. The number of rotatable bonds is 4. The maximum absolute atomic E-state index is 12.8. The summed E-state index contributed by atoms with van der Waals surface area (Å²) in [5.41, 5.74) is -0.694. The molecule has 4 aliphatic rings. The van der Waals surface area contributed by atoms with Crippen molar-refractivity contribution in [3.8, 4) is 0 Å². The first kappa shape index (κ1) is 14.2. The molecule has 0 radical (unpaired) electrons. The van der Waals surface area contributed by atoms with Crippen LogP contribution in [0, 0.1) is 11.8 Å².